The van der Waals surface area contributed by atoms with Crippen molar-refractivity contribution in [1.29, 1.82) is 0 Å². The van der Waals surface area contributed by atoms with Gasteiger partial charge in [0.05, 0.1) is 31.5 Å². The number of esters is 1. The van der Waals surface area contributed by atoms with E-state index < -0.39 is 0 Å². The summed E-state index contributed by atoms with van der Waals surface area (Å²) in [7, 11) is 3.03. The van der Waals surface area contributed by atoms with Gasteiger partial charge in [-0.3, -0.25) is 4.98 Å². The van der Waals surface area contributed by atoms with Crippen LogP contribution in [0.1, 0.15) is 33.8 Å². The highest BCUT2D eigenvalue weighted by Gasteiger charge is 2.42. The normalized spacial score (nSPS) is 17.2. The molecule has 3 heterocycles. The highest BCUT2D eigenvalue weighted by atomic mass is 32.1. The zero-order chi connectivity index (χ0) is 24.4. The third-order valence-electron chi connectivity index (χ3n) is 6.06. The van der Waals surface area contributed by atoms with Gasteiger partial charge in [0.25, 0.3) is 0 Å². The molecule has 1 aliphatic rings. The highest BCUT2D eigenvalue weighted by molar-refractivity contribution is 7.80. The van der Waals surface area contributed by atoms with Crippen molar-refractivity contribution in [3.63, 3.8) is 0 Å². The summed E-state index contributed by atoms with van der Waals surface area (Å²) in [6.07, 6.45) is 3.76. The van der Waals surface area contributed by atoms with Crippen LogP contribution < -0.4 is 15.0 Å². The number of nitrogens with one attached hydrogen (secondary N) is 1. The number of thiocarbonyl (C=S) groups is 1. The highest BCUT2D eigenvalue weighted by Crippen LogP contribution is 2.42. The number of carbonyl (C=O) groups is 1. The average Bonchev–Trinajstić information content (AvgIpc) is 3.53. The summed E-state index contributed by atoms with van der Waals surface area (Å²) >= 11 is 5.84. The van der Waals surface area contributed by atoms with Gasteiger partial charge in [-0.15, -0.1) is 0 Å². The van der Waals surface area contributed by atoms with E-state index in [0.29, 0.717) is 10.7 Å². The van der Waals surface area contributed by atoms with Gasteiger partial charge >= 0.3 is 5.97 Å². The lowest BCUT2D eigenvalue weighted by Gasteiger charge is -2.29. The van der Waals surface area contributed by atoms with Gasteiger partial charge in [-0.25, -0.2) is 4.79 Å². The lowest BCUT2D eigenvalue weighted by Crippen LogP contribution is -2.30. The van der Waals surface area contributed by atoms with E-state index in [1.165, 1.54) is 7.11 Å². The largest absolute Gasteiger partial charge is 0.497 e. The SMILES string of the molecule is COC(=O)c1cccc(-n2cccc2[C@@H]2[C@H](c3ccccn3)NC(=S)N2c2cccc(OC)c2)c1. The topological polar surface area (TPSA) is 68.6 Å². The van der Waals surface area contributed by atoms with E-state index in [1.54, 1.807) is 19.4 Å². The molecule has 8 heteroatoms. The molecule has 2 aromatic carbocycles. The van der Waals surface area contributed by atoms with E-state index in [-0.39, 0.29) is 18.1 Å². The molecule has 2 aromatic heterocycles. The van der Waals surface area contributed by atoms with Crippen molar-refractivity contribution in [3.8, 4) is 11.4 Å². The number of ether oxygens (including phenoxy) is 2. The van der Waals surface area contributed by atoms with Gasteiger partial charge in [0, 0.05) is 35.5 Å². The van der Waals surface area contributed by atoms with Gasteiger partial charge in [-0.1, -0.05) is 18.2 Å². The van der Waals surface area contributed by atoms with Crippen LogP contribution in [0.4, 0.5) is 5.69 Å². The number of benzene rings is 2. The number of nitrogens with zero attached hydrogens (tertiary/aromatic N) is 3. The van der Waals surface area contributed by atoms with Gasteiger partial charge in [-0.05, 0) is 66.8 Å². The smallest absolute Gasteiger partial charge is 0.337 e. The Kier molecular flexibility index (Phi) is 6.20. The molecule has 35 heavy (non-hydrogen) atoms. The molecule has 0 unspecified atom stereocenters. The summed E-state index contributed by atoms with van der Waals surface area (Å²) < 4.78 is 12.5. The van der Waals surface area contributed by atoms with Crippen LogP contribution in [0.15, 0.2) is 91.3 Å². The summed E-state index contributed by atoms with van der Waals surface area (Å²) in [4.78, 5) is 18.9. The third-order valence-corrected chi connectivity index (χ3v) is 6.37. The summed E-state index contributed by atoms with van der Waals surface area (Å²) in [5, 5.41) is 4.07. The lowest BCUT2D eigenvalue weighted by molar-refractivity contribution is 0.0600. The quantitative estimate of drug-likeness (QED) is 0.310. The van der Waals surface area contributed by atoms with Crippen molar-refractivity contribution >= 4 is 29.0 Å². The number of carbonyl (C=O) groups excluding carboxylic acids is 1. The molecule has 0 aliphatic carbocycles. The zero-order valence-corrected chi connectivity index (χ0v) is 20.1. The van der Waals surface area contributed by atoms with E-state index in [0.717, 1.165) is 28.5 Å². The molecule has 1 fully saturated rings. The summed E-state index contributed by atoms with van der Waals surface area (Å²) in [5.74, 6) is 0.361. The fraction of sp³-hybridized carbons (Fsp3) is 0.148. The Bertz CT molecular complexity index is 1370. The molecule has 2 atom stereocenters. The Balaban J connectivity index is 1.65. The first-order valence-corrected chi connectivity index (χ1v) is 11.5. The number of anilines is 1. The van der Waals surface area contributed by atoms with Crippen molar-refractivity contribution in [2.75, 3.05) is 19.1 Å². The molecule has 0 amide bonds. The van der Waals surface area contributed by atoms with Gasteiger partial charge in [0.15, 0.2) is 5.11 Å². The molecule has 4 aromatic rings. The first-order valence-electron chi connectivity index (χ1n) is 11.1. The maximum atomic E-state index is 12.2. The second-order valence-corrected chi connectivity index (χ2v) is 8.43. The molecule has 7 nitrogen and oxygen atoms in total. The van der Waals surface area contributed by atoms with Crippen molar-refractivity contribution in [1.82, 2.24) is 14.9 Å². The molecule has 176 valence electrons. The predicted molar refractivity (Wildman–Crippen MR) is 138 cm³/mol. The van der Waals surface area contributed by atoms with E-state index in [4.69, 9.17) is 21.7 Å². The first kappa shape index (κ1) is 22.6. The van der Waals surface area contributed by atoms with Gasteiger partial charge < -0.3 is 24.3 Å². The molecular weight excluding hydrogens is 460 g/mol. The van der Waals surface area contributed by atoms with E-state index in [2.05, 4.69) is 25.8 Å². The number of rotatable bonds is 6. The number of pyridine rings is 1. The minimum Gasteiger partial charge on any atom is -0.497 e. The number of hydrogen-bond acceptors (Lipinski definition) is 5. The van der Waals surface area contributed by atoms with Crippen molar-refractivity contribution in [3.05, 3.63) is 108 Å². The molecule has 1 N–H and O–H groups in total. The monoisotopic (exact) mass is 484 g/mol. The van der Waals surface area contributed by atoms with Crippen LogP contribution in [0.25, 0.3) is 5.69 Å². The maximum absolute atomic E-state index is 12.2. The Morgan fingerprint density at radius 1 is 0.971 bits per heavy atom. The summed E-state index contributed by atoms with van der Waals surface area (Å²) in [6.45, 7) is 0. The molecule has 0 spiro atoms. The number of aromatic nitrogens is 2. The van der Waals surface area contributed by atoms with Crippen LogP contribution >= 0.6 is 12.2 Å². The molecule has 0 bridgehead atoms. The van der Waals surface area contributed by atoms with Crippen LogP contribution in [0.5, 0.6) is 5.75 Å². The van der Waals surface area contributed by atoms with Crippen molar-refractivity contribution in [2.45, 2.75) is 12.1 Å². The molecule has 1 aliphatic heterocycles. The lowest BCUT2D eigenvalue weighted by atomic mass is 10.0. The Hall–Kier alpha value is -4.17. The van der Waals surface area contributed by atoms with Crippen molar-refractivity contribution in [2.24, 2.45) is 0 Å². The molecular formula is C27H24N4O3S. The Morgan fingerprint density at radius 2 is 1.80 bits per heavy atom. The van der Waals surface area contributed by atoms with E-state index in [9.17, 15) is 4.79 Å². The Labute approximate surface area is 208 Å². The second-order valence-electron chi connectivity index (χ2n) is 8.04. The van der Waals surface area contributed by atoms with Crippen molar-refractivity contribution < 1.29 is 14.3 Å². The average molecular weight is 485 g/mol. The Morgan fingerprint density at radius 3 is 2.57 bits per heavy atom. The van der Waals surface area contributed by atoms with Crippen LogP contribution in [0.2, 0.25) is 0 Å². The number of methoxy groups -OCH3 is 2. The van der Waals surface area contributed by atoms with Crippen LogP contribution in [-0.2, 0) is 4.74 Å². The zero-order valence-electron chi connectivity index (χ0n) is 19.3. The first-order chi connectivity index (χ1) is 17.1. The summed E-state index contributed by atoms with van der Waals surface area (Å²) in [6, 6.07) is 24.7. The third kappa shape index (κ3) is 4.24. The standard InChI is InChI=1S/C27H24N4O3S/c1-33-21-11-6-10-20(17-21)31-25(24(29-27(31)35)22-12-3-4-14-28-22)23-13-7-15-30(23)19-9-5-8-18(16-19)26(32)34-2/h3-17,24-25H,1-2H3,(H,29,35)/t24-,25+/m0/s1. The molecule has 0 radical (unpaired) electrons. The maximum Gasteiger partial charge on any atom is 0.337 e. The van der Waals surface area contributed by atoms with Crippen LogP contribution in [0.3, 0.4) is 0 Å². The fourth-order valence-electron chi connectivity index (χ4n) is 4.46. The van der Waals surface area contributed by atoms with Crippen LogP contribution in [-0.4, -0.2) is 34.9 Å². The number of hydrogen-bond donors (Lipinski definition) is 1. The molecule has 1 saturated heterocycles. The predicted octanol–water partition coefficient (Wildman–Crippen LogP) is 4.84. The van der Waals surface area contributed by atoms with Gasteiger partial charge in [0.1, 0.15) is 11.8 Å². The summed E-state index contributed by atoms with van der Waals surface area (Å²) in [5.41, 5.74) is 4.09. The van der Waals surface area contributed by atoms with Crippen LogP contribution in [0, 0.1) is 0 Å². The molecule has 0 saturated carbocycles. The second kappa shape index (κ2) is 9.60. The minimum absolute atomic E-state index is 0.202. The van der Waals surface area contributed by atoms with Gasteiger partial charge in [-0.2, -0.15) is 0 Å². The minimum atomic E-state index is -0.381. The van der Waals surface area contributed by atoms with E-state index >= 15 is 0 Å². The van der Waals surface area contributed by atoms with E-state index in [1.807, 2.05) is 72.9 Å². The molecule has 5 rings (SSSR count). The fourth-order valence-corrected chi connectivity index (χ4v) is 4.81. The van der Waals surface area contributed by atoms with Gasteiger partial charge in [0.2, 0.25) is 0 Å².